The smallest absolute Gasteiger partial charge is 0.253 e. The van der Waals surface area contributed by atoms with Gasteiger partial charge in [0.05, 0.1) is 0 Å². The molecule has 2 nitrogen and oxygen atoms in total. The lowest BCUT2D eigenvalue weighted by molar-refractivity contribution is 0.0827. The molecule has 1 aromatic rings. The van der Waals surface area contributed by atoms with Gasteiger partial charge in [-0.2, -0.15) is 0 Å². The first-order valence-corrected chi connectivity index (χ1v) is 5.55. The van der Waals surface area contributed by atoms with Crippen LogP contribution in [0.3, 0.4) is 0 Å². The predicted octanol–water partition coefficient (Wildman–Crippen LogP) is 2.76. The van der Waals surface area contributed by atoms with Crippen LogP contribution in [0.4, 0.5) is 0 Å². The third-order valence-corrected chi connectivity index (χ3v) is 2.60. The SMILES string of the molecule is CN(C)C(=O)c1cc(Br)cc(I)c1. The molecule has 0 heterocycles. The Morgan fingerprint density at radius 2 is 2.00 bits per heavy atom. The molecule has 0 aromatic heterocycles. The van der Waals surface area contributed by atoms with Gasteiger partial charge in [-0.15, -0.1) is 0 Å². The van der Waals surface area contributed by atoms with Gasteiger partial charge < -0.3 is 4.90 Å². The second-order valence-electron chi connectivity index (χ2n) is 2.86. The Labute approximate surface area is 99.6 Å². The highest BCUT2D eigenvalue weighted by atomic mass is 127. The highest BCUT2D eigenvalue weighted by Crippen LogP contribution is 2.17. The van der Waals surface area contributed by atoms with Crippen molar-refractivity contribution in [3.05, 3.63) is 31.8 Å². The van der Waals surface area contributed by atoms with Crippen LogP contribution in [-0.4, -0.2) is 24.9 Å². The molecule has 0 fully saturated rings. The molecule has 13 heavy (non-hydrogen) atoms. The van der Waals surface area contributed by atoms with Gasteiger partial charge in [-0.25, -0.2) is 0 Å². The van der Waals surface area contributed by atoms with E-state index in [0.29, 0.717) is 5.56 Å². The Balaban J connectivity index is 3.08. The molecule has 1 rings (SSSR count). The lowest BCUT2D eigenvalue weighted by Crippen LogP contribution is -2.21. The maximum absolute atomic E-state index is 11.6. The van der Waals surface area contributed by atoms with Crippen molar-refractivity contribution < 1.29 is 4.79 Å². The minimum Gasteiger partial charge on any atom is -0.345 e. The zero-order valence-corrected chi connectivity index (χ0v) is 11.1. The number of carbonyl (C=O) groups excluding carboxylic acids is 1. The van der Waals surface area contributed by atoms with Crippen LogP contribution in [0.1, 0.15) is 10.4 Å². The topological polar surface area (TPSA) is 20.3 Å². The molecule has 0 radical (unpaired) electrons. The fraction of sp³-hybridized carbons (Fsp3) is 0.222. The highest BCUT2D eigenvalue weighted by molar-refractivity contribution is 14.1. The molecule has 0 bridgehead atoms. The Morgan fingerprint density at radius 1 is 1.38 bits per heavy atom. The summed E-state index contributed by atoms with van der Waals surface area (Å²) in [6.45, 7) is 0. The van der Waals surface area contributed by atoms with E-state index in [9.17, 15) is 4.79 Å². The van der Waals surface area contributed by atoms with Crippen molar-refractivity contribution in [3.63, 3.8) is 0 Å². The van der Waals surface area contributed by atoms with Gasteiger partial charge in [0.25, 0.3) is 5.91 Å². The van der Waals surface area contributed by atoms with E-state index >= 15 is 0 Å². The number of carbonyl (C=O) groups is 1. The first-order chi connectivity index (χ1) is 6.00. The van der Waals surface area contributed by atoms with E-state index in [1.165, 1.54) is 0 Å². The summed E-state index contributed by atoms with van der Waals surface area (Å²) in [5.74, 6) is 0.0271. The number of amides is 1. The maximum Gasteiger partial charge on any atom is 0.253 e. The normalized spacial score (nSPS) is 9.85. The lowest BCUT2D eigenvalue weighted by atomic mass is 10.2. The Morgan fingerprint density at radius 3 is 2.46 bits per heavy atom. The summed E-state index contributed by atoms with van der Waals surface area (Å²) >= 11 is 5.54. The third-order valence-electron chi connectivity index (χ3n) is 1.52. The van der Waals surface area contributed by atoms with Gasteiger partial charge >= 0.3 is 0 Å². The van der Waals surface area contributed by atoms with Crippen LogP contribution in [0, 0.1) is 3.57 Å². The number of rotatable bonds is 1. The zero-order chi connectivity index (χ0) is 10.0. The van der Waals surface area contributed by atoms with Crippen molar-refractivity contribution in [1.82, 2.24) is 4.90 Å². The van der Waals surface area contributed by atoms with Crippen LogP contribution in [0.25, 0.3) is 0 Å². The third kappa shape index (κ3) is 2.95. The summed E-state index contributed by atoms with van der Waals surface area (Å²) in [6.07, 6.45) is 0. The number of hydrogen-bond donors (Lipinski definition) is 0. The van der Waals surface area contributed by atoms with Crippen LogP contribution >= 0.6 is 38.5 Å². The standard InChI is InChI=1S/C9H9BrINO/c1-12(2)9(13)6-3-7(10)5-8(11)4-6/h3-5H,1-2H3. The van der Waals surface area contributed by atoms with Crippen molar-refractivity contribution in [2.45, 2.75) is 0 Å². The van der Waals surface area contributed by atoms with Gasteiger partial charge in [-0.05, 0) is 40.8 Å². The van der Waals surface area contributed by atoms with Crippen molar-refractivity contribution in [1.29, 1.82) is 0 Å². The molecule has 0 aliphatic heterocycles. The Kier molecular flexibility index (Phi) is 3.73. The van der Waals surface area contributed by atoms with Crippen LogP contribution in [0.2, 0.25) is 0 Å². The van der Waals surface area contributed by atoms with Crippen molar-refractivity contribution >= 4 is 44.4 Å². The quantitative estimate of drug-likeness (QED) is 0.711. The maximum atomic E-state index is 11.6. The molecule has 70 valence electrons. The molecule has 0 atom stereocenters. The Bertz CT molecular complexity index is 318. The van der Waals surface area contributed by atoms with Crippen molar-refractivity contribution in [3.8, 4) is 0 Å². The molecule has 4 heteroatoms. The molecular formula is C9H9BrINO. The average Bonchev–Trinajstić information content (AvgIpc) is 2.01. The fourth-order valence-corrected chi connectivity index (χ4v) is 2.53. The summed E-state index contributed by atoms with van der Waals surface area (Å²) in [7, 11) is 3.49. The molecule has 1 aromatic carbocycles. The summed E-state index contributed by atoms with van der Waals surface area (Å²) in [4.78, 5) is 13.1. The molecular weight excluding hydrogens is 345 g/mol. The first kappa shape index (κ1) is 11.0. The van der Waals surface area contributed by atoms with E-state index in [2.05, 4.69) is 38.5 Å². The predicted molar refractivity (Wildman–Crippen MR) is 64.9 cm³/mol. The van der Waals surface area contributed by atoms with Crippen molar-refractivity contribution in [2.75, 3.05) is 14.1 Å². The van der Waals surface area contributed by atoms with Crippen molar-refractivity contribution in [2.24, 2.45) is 0 Å². The van der Waals surface area contributed by atoms with Gasteiger partial charge in [0.1, 0.15) is 0 Å². The number of halogens is 2. The van der Waals surface area contributed by atoms with Crippen LogP contribution < -0.4 is 0 Å². The molecule has 0 saturated carbocycles. The van der Waals surface area contributed by atoms with E-state index in [-0.39, 0.29) is 5.91 Å². The van der Waals surface area contributed by atoms with Gasteiger partial charge in [-0.3, -0.25) is 4.79 Å². The van der Waals surface area contributed by atoms with Crippen LogP contribution in [0.5, 0.6) is 0 Å². The Hall–Kier alpha value is -0.100. The van der Waals surface area contributed by atoms with Gasteiger partial charge in [0, 0.05) is 27.7 Å². The second-order valence-corrected chi connectivity index (χ2v) is 5.02. The first-order valence-electron chi connectivity index (χ1n) is 3.68. The average molecular weight is 354 g/mol. The number of nitrogens with zero attached hydrogens (tertiary/aromatic N) is 1. The van der Waals surface area contributed by atoms with Crippen LogP contribution in [0.15, 0.2) is 22.7 Å². The minimum atomic E-state index is 0.0271. The minimum absolute atomic E-state index is 0.0271. The van der Waals surface area contributed by atoms with E-state index in [0.717, 1.165) is 8.04 Å². The molecule has 1 amide bonds. The molecule has 0 spiro atoms. The van der Waals surface area contributed by atoms with E-state index in [1.54, 1.807) is 19.0 Å². The highest BCUT2D eigenvalue weighted by Gasteiger charge is 2.08. The number of hydrogen-bond acceptors (Lipinski definition) is 1. The molecule has 0 aliphatic carbocycles. The van der Waals surface area contributed by atoms with E-state index in [4.69, 9.17) is 0 Å². The summed E-state index contributed by atoms with van der Waals surface area (Å²) in [5.41, 5.74) is 0.712. The summed E-state index contributed by atoms with van der Waals surface area (Å²) < 4.78 is 1.99. The monoisotopic (exact) mass is 353 g/mol. The fourth-order valence-electron chi connectivity index (χ4n) is 0.936. The lowest BCUT2D eigenvalue weighted by Gasteiger charge is -2.10. The van der Waals surface area contributed by atoms with Gasteiger partial charge in [0.2, 0.25) is 0 Å². The van der Waals surface area contributed by atoms with E-state index in [1.807, 2.05) is 18.2 Å². The van der Waals surface area contributed by atoms with Gasteiger partial charge in [0.15, 0.2) is 0 Å². The zero-order valence-electron chi connectivity index (χ0n) is 7.34. The van der Waals surface area contributed by atoms with Crippen LogP contribution in [-0.2, 0) is 0 Å². The molecule has 0 N–H and O–H groups in total. The van der Waals surface area contributed by atoms with E-state index < -0.39 is 0 Å². The molecule has 0 aliphatic rings. The summed E-state index contributed by atoms with van der Waals surface area (Å²) in [5, 5.41) is 0. The largest absolute Gasteiger partial charge is 0.345 e. The number of benzene rings is 1. The molecule has 0 saturated heterocycles. The summed E-state index contributed by atoms with van der Waals surface area (Å²) in [6, 6.07) is 5.66. The second kappa shape index (κ2) is 4.41. The van der Waals surface area contributed by atoms with Gasteiger partial charge in [-0.1, -0.05) is 15.9 Å². The molecule has 0 unspecified atom stereocenters.